The Kier molecular flexibility index (Phi) is 5.58. The molecule has 0 fully saturated rings. The fourth-order valence-electron chi connectivity index (χ4n) is 2.07. The van der Waals surface area contributed by atoms with E-state index in [1.807, 2.05) is 13.0 Å². The van der Waals surface area contributed by atoms with Crippen LogP contribution in [-0.2, 0) is 17.2 Å². The summed E-state index contributed by atoms with van der Waals surface area (Å²) in [4.78, 5) is -0.178. The van der Waals surface area contributed by atoms with E-state index in [9.17, 15) is 13.0 Å². The van der Waals surface area contributed by atoms with Crippen LogP contribution in [-0.4, -0.2) is 20.1 Å². The Morgan fingerprint density at radius 1 is 1.08 bits per heavy atom. The predicted octanol–water partition coefficient (Wildman–Crippen LogP) is 2.94. The summed E-state index contributed by atoms with van der Waals surface area (Å²) in [7, 11) is -0.498. The second-order valence-electron chi connectivity index (χ2n) is 5.28. The Hall–Kier alpha value is -1.96. The normalized spacial score (nSPS) is 11.0. The van der Waals surface area contributed by atoms with Crippen molar-refractivity contribution in [2.45, 2.75) is 18.7 Å². The van der Waals surface area contributed by atoms with E-state index in [1.54, 1.807) is 30.6 Å². The molecule has 0 saturated carbocycles. The molecule has 7 heteroatoms. The summed E-state index contributed by atoms with van der Waals surface area (Å²) in [6.45, 7) is 3.94. The molecule has 0 saturated heterocycles. The first kappa shape index (κ1) is 18.4. The zero-order valence-electron chi connectivity index (χ0n) is 13.9. The van der Waals surface area contributed by atoms with Crippen molar-refractivity contribution >= 4 is 31.7 Å². The third kappa shape index (κ3) is 4.31. The lowest BCUT2D eigenvalue weighted by Crippen LogP contribution is -2.28. The van der Waals surface area contributed by atoms with Crippen molar-refractivity contribution in [2.75, 3.05) is 7.11 Å². The number of ether oxygens (including phenoxy) is 1. The molecule has 3 rings (SSSR count). The molecule has 0 spiro atoms. The number of aryl methyl sites for hydroxylation is 3. The van der Waals surface area contributed by atoms with Crippen LogP contribution in [0.5, 0.6) is 5.75 Å². The predicted molar refractivity (Wildman–Crippen MR) is 93.4 cm³/mol. The third-order valence-corrected chi connectivity index (χ3v) is 5.55. The van der Waals surface area contributed by atoms with Crippen molar-refractivity contribution < 1.29 is 22.3 Å². The van der Waals surface area contributed by atoms with Gasteiger partial charge in [0.15, 0.2) is 0 Å². The number of thiazole rings is 1. The first-order valence-electron chi connectivity index (χ1n) is 7.18. The van der Waals surface area contributed by atoms with Gasteiger partial charge in [-0.2, -0.15) is 4.57 Å². The minimum absolute atomic E-state index is 0.178. The minimum Gasteiger partial charge on any atom is -0.744 e. The van der Waals surface area contributed by atoms with E-state index in [1.165, 1.54) is 27.4 Å². The molecule has 0 bridgehead atoms. The maximum Gasteiger partial charge on any atom is 0.234 e. The molecule has 1 heterocycles. The Labute approximate surface area is 145 Å². The maximum absolute atomic E-state index is 10.4. The molecule has 0 N–H and O–H groups in total. The van der Waals surface area contributed by atoms with Gasteiger partial charge in [-0.15, -0.1) is 0 Å². The summed E-state index contributed by atoms with van der Waals surface area (Å²) in [5, 5.41) is 1.31. The molecule has 0 aliphatic heterocycles. The molecule has 128 valence electrons. The third-order valence-electron chi connectivity index (χ3n) is 3.57. The zero-order valence-corrected chi connectivity index (χ0v) is 15.6. The smallest absolute Gasteiger partial charge is 0.234 e. The van der Waals surface area contributed by atoms with E-state index >= 15 is 0 Å². The van der Waals surface area contributed by atoms with Crippen LogP contribution in [0.2, 0.25) is 0 Å². The van der Waals surface area contributed by atoms with Crippen molar-refractivity contribution in [3.05, 3.63) is 53.0 Å². The van der Waals surface area contributed by atoms with Crippen LogP contribution in [0.25, 0.3) is 10.2 Å². The number of aromatic nitrogens is 1. The number of rotatable bonds is 2. The molecule has 3 aromatic rings. The Morgan fingerprint density at radius 2 is 1.71 bits per heavy atom. The molecule has 0 aliphatic rings. The monoisotopic (exact) mass is 365 g/mol. The number of fused-ring (bicyclic) bond motifs is 1. The van der Waals surface area contributed by atoms with Crippen LogP contribution >= 0.6 is 11.3 Å². The number of methoxy groups -OCH3 is 1. The van der Waals surface area contributed by atoms with Crippen LogP contribution in [0.15, 0.2) is 47.4 Å². The SMILES string of the molecule is COc1ccc2sc(C)[n+](C)c2c1.Cc1ccc(S(=O)(=O)[O-])cc1. The molecular weight excluding hydrogens is 346 g/mol. The average molecular weight is 365 g/mol. The zero-order chi connectivity index (χ0) is 17.9. The lowest BCUT2D eigenvalue weighted by Gasteiger charge is -2.05. The second kappa shape index (κ2) is 7.29. The quantitative estimate of drug-likeness (QED) is 0.517. The average Bonchev–Trinajstić information content (AvgIpc) is 2.82. The van der Waals surface area contributed by atoms with Crippen LogP contribution in [0, 0.1) is 13.8 Å². The molecule has 0 amide bonds. The largest absolute Gasteiger partial charge is 0.744 e. The van der Waals surface area contributed by atoms with E-state index in [0.29, 0.717) is 0 Å². The van der Waals surface area contributed by atoms with Gasteiger partial charge in [0.25, 0.3) is 0 Å². The van der Waals surface area contributed by atoms with Gasteiger partial charge in [0.1, 0.15) is 27.6 Å². The Morgan fingerprint density at radius 3 is 2.25 bits per heavy atom. The summed E-state index contributed by atoms with van der Waals surface area (Å²) in [6.07, 6.45) is 0. The lowest BCUT2D eigenvalue weighted by molar-refractivity contribution is -0.646. The van der Waals surface area contributed by atoms with E-state index in [0.717, 1.165) is 11.3 Å². The van der Waals surface area contributed by atoms with Crippen LogP contribution in [0.4, 0.5) is 0 Å². The van der Waals surface area contributed by atoms with Gasteiger partial charge in [0.05, 0.1) is 18.1 Å². The summed E-state index contributed by atoms with van der Waals surface area (Å²) in [5.74, 6) is 0.918. The molecule has 1 aromatic heterocycles. The van der Waals surface area contributed by atoms with E-state index in [-0.39, 0.29) is 4.90 Å². The molecule has 0 atom stereocenters. The van der Waals surface area contributed by atoms with Gasteiger partial charge >= 0.3 is 0 Å². The molecular formula is C17H19NO4S2. The summed E-state index contributed by atoms with van der Waals surface area (Å²) in [6, 6.07) is 12.0. The molecule has 0 unspecified atom stereocenters. The maximum atomic E-state index is 10.4. The first-order valence-corrected chi connectivity index (χ1v) is 9.40. The highest BCUT2D eigenvalue weighted by molar-refractivity contribution is 7.85. The van der Waals surface area contributed by atoms with Gasteiger partial charge in [0.2, 0.25) is 10.5 Å². The summed E-state index contributed by atoms with van der Waals surface area (Å²) < 4.78 is 39.8. The summed E-state index contributed by atoms with van der Waals surface area (Å²) in [5.41, 5.74) is 2.17. The Bertz CT molecular complexity index is 945. The molecule has 5 nitrogen and oxygen atoms in total. The minimum atomic E-state index is -4.27. The van der Waals surface area contributed by atoms with Gasteiger partial charge in [-0.25, -0.2) is 8.42 Å². The standard InChI is InChI=1S/C10H12NOS.C7H8O3S/c1-7-11(2)9-6-8(12-3)4-5-10(9)13-7;1-6-2-4-7(5-3-6)11(8,9)10/h4-6H,1-3H3;2-5H,1H3,(H,8,9,10)/q+1;/p-1. The molecule has 24 heavy (non-hydrogen) atoms. The highest BCUT2D eigenvalue weighted by Crippen LogP contribution is 2.23. The second-order valence-corrected chi connectivity index (χ2v) is 7.90. The number of hydrogen-bond donors (Lipinski definition) is 0. The van der Waals surface area contributed by atoms with Crippen molar-refractivity contribution in [3.8, 4) is 5.75 Å². The van der Waals surface area contributed by atoms with E-state index in [2.05, 4.69) is 30.7 Å². The molecule has 0 aliphatic carbocycles. The number of nitrogens with zero attached hydrogens (tertiary/aromatic N) is 1. The number of hydrogen-bond acceptors (Lipinski definition) is 5. The topological polar surface area (TPSA) is 70.3 Å². The van der Waals surface area contributed by atoms with Gasteiger partial charge in [-0.05, 0) is 31.2 Å². The van der Waals surface area contributed by atoms with E-state index in [4.69, 9.17) is 4.74 Å². The van der Waals surface area contributed by atoms with Crippen LogP contribution in [0.3, 0.4) is 0 Å². The van der Waals surface area contributed by atoms with E-state index < -0.39 is 10.1 Å². The summed E-state index contributed by atoms with van der Waals surface area (Å²) >= 11 is 1.81. The Balaban J connectivity index is 0.000000177. The van der Waals surface area contributed by atoms with Gasteiger partial charge in [-0.3, -0.25) is 0 Å². The fourth-order valence-corrected chi connectivity index (χ4v) is 3.53. The van der Waals surface area contributed by atoms with Crippen molar-refractivity contribution in [1.29, 1.82) is 0 Å². The van der Waals surface area contributed by atoms with Crippen LogP contribution < -0.4 is 9.30 Å². The number of benzene rings is 2. The van der Waals surface area contributed by atoms with Crippen LogP contribution in [0.1, 0.15) is 10.6 Å². The van der Waals surface area contributed by atoms with Gasteiger partial charge in [0, 0.05) is 6.92 Å². The van der Waals surface area contributed by atoms with Crippen molar-refractivity contribution in [1.82, 2.24) is 0 Å². The molecule has 0 radical (unpaired) electrons. The fraction of sp³-hybridized carbons (Fsp3) is 0.235. The van der Waals surface area contributed by atoms with Crippen molar-refractivity contribution in [3.63, 3.8) is 0 Å². The lowest BCUT2D eigenvalue weighted by atomic mass is 10.2. The molecule has 2 aromatic carbocycles. The van der Waals surface area contributed by atoms with Crippen molar-refractivity contribution in [2.24, 2.45) is 7.05 Å². The van der Waals surface area contributed by atoms with Gasteiger partial charge < -0.3 is 9.29 Å². The highest BCUT2D eigenvalue weighted by atomic mass is 32.2. The van der Waals surface area contributed by atoms with Gasteiger partial charge in [-0.1, -0.05) is 29.0 Å². The first-order chi connectivity index (χ1) is 11.2. The highest BCUT2D eigenvalue weighted by Gasteiger charge is 2.12.